The first-order chi connectivity index (χ1) is 9.24. The number of nitrogens with one attached hydrogen (secondary N) is 1. The van der Waals surface area contributed by atoms with Crippen LogP contribution in [-0.2, 0) is 11.2 Å². The highest BCUT2D eigenvalue weighted by molar-refractivity contribution is 6.30. The predicted octanol–water partition coefficient (Wildman–Crippen LogP) is 4.11. The lowest BCUT2D eigenvalue weighted by atomic mass is 10.1. The van der Waals surface area contributed by atoms with Crippen molar-refractivity contribution in [1.82, 2.24) is 5.32 Å². The molecule has 1 aromatic carbocycles. The highest BCUT2D eigenvalue weighted by atomic mass is 35.5. The monoisotopic (exact) mass is 279 g/mol. The van der Waals surface area contributed by atoms with Crippen LogP contribution < -0.4 is 5.32 Å². The molecule has 1 saturated carbocycles. The van der Waals surface area contributed by atoms with Gasteiger partial charge in [-0.2, -0.15) is 0 Å². The largest absolute Gasteiger partial charge is 0.353 e. The van der Waals surface area contributed by atoms with Crippen molar-refractivity contribution in [3.63, 3.8) is 0 Å². The number of aryl methyl sites for hydroxylation is 1. The maximum absolute atomic E-state index is 11.9. The predicted molar refractivity (Wildman–Crippen MR) is 79.4 cm³/mol. The molecule has 0 atom stereocenters. The lowest BCUT2D eigenvalue weighted by molar-refractivity contribution is -0.121. The molecule has 0 aliphatic heterocycles. The van der Waals surface area contributed by atoms with Crippen LogP contribution in [0.3, 0.4) is 0 Å². The quantitative estimate of drug-likeness (QED) is 0.826. The molecular weight excluding hydrogens is 258 g/mol. The number of amides is 1. The molecule has 0 saturated heterocycles. The highest BCUT2D eigenvalue weighted by Gasteiger charge is 2.14. The third-order valence-corrected chi connectivity index (χ3v) is 4.03. The number of hydrogen-bond acceptors (Lipinski definition) is 1. The summed E-state index contributed by atoms with van der Waals surface area (Å²) in [5, 5.41) is 3.92. The Morgan fingerprint density at radius 3 is 2.37 bits per heavy atom. The van der Waals surface area contributed by atoms with E-state index in [2.05, 4.69) is 5.32 Å². The highest BCUT2D eigenvalue weighted by Crippen LogP contribution is 2.17. The van der Waals surface area contributed by atoms with Crippen LogP contribution in [0.1, 0.15) is 50.5 Å². The van der Waals surface area contributed by atoms with Crippen molar-refractivity contribution in [3.8, 4) is 0 Å². The molecule has 19 heavy (non-hydrogen) atoms. The third-order valence-electron chi connectivity index (χ3n) is 3.77. The van der Waals surface area contributed by atoms with E-state index in [0.29, 0.717) is 12.5 Å². The Hall–Kier alpha value is -1.02. The fraction of sp³-hybridized carbons (Fsp3) is 0.562. The van der Waals surface area contributed by atoms with E-state index in [-0.39, 0.29) is 5.91 Å². The van der Waals surface area contributed by atoms with Gasteiger partial charge in [0.15, 0.2) is 0 Å². The van der Waals surface area contributed by atoms with Crippen LogP contribution in [0.25, 0.3) is 0 Å². The van der Waals surface area contributed by atoms with Crippen LogP contribution in [-0.4, -0.2) is 11.9 Å². The standard InChI is InChI=1S/C16H22ClNO/c17-14-10-7-13(8-11-14)9-12-16(19)18-15-5-3-1-2-4-6-15/h7-8,10-11,15H,1-6,9,12H2,(H,18,19). The molecule has 3 heteroatoms. The molecule has 1 aliphatic carbocycles. The van der Waals surface area contributed by atoms with Gasteiger partial charge in [0.2, 0.25) is 5.91 Å². The first-order valence-electron chi connectivity index (χ1n) is 7.28. The Bertz CT molecular complexity index is 394. The zero-order valence-electron chi connectivity index (χ0n) is 11.3. The SMILES string of the molecule is O=C(CCc1ccc(Cl)cc1)NC1CCCCCC1. The third kappa shape index (κ3) is 5.23. The molecule has 0 unspecified atom stereocenters. The van der Waals surface area contributed by atoms with Gasteiger partial charge in [-0.1, -0.05) is 49.4 Å². The van der Waals surface area contributed by atoms with E-state index in [1.54, 1.807) is 0 Å². The van der Waals surface area contributed by atoms with Crippen molar-refractivity contribution in [2.24, 2.45) is 0 Å². The van der Waals surface area contributed by atoms with Crippen LogP contribution in [0.4, 0.5) is 0 Å². The zero-order valence-corrected chi connectivity index (χ0v) is 12.1. The minimum atomic E-state index is 0.182. The van der Waals surface area contributed by atoms with Crippen LogP contribution in [0.5, 0.6) is 0 Å². The first-order valence-corrected chi connectivity index (χ1v) is 7.65. The van der Waals surface area contributed by atoms with Crippen LogP contribution in [0, 0.1) is 0 Å². The maximum atomic E-state index is 11.9. The molecule has 1 N–H and O–H groups in total. The smallest absolute Gasteiger partial charge is 0.220 e. The normalized spacial score (nSPS) is 16.9. The molecule has 0 aromatic heterocycles. The van der Waals surface area contributed by atoms with E-state index in [1.807, 2.05) is 24.3 Å². The van der Waals surface area contributed by atoms with E-state index in [4.69, 9.17) is 11.6 Å². The molecule has 0 radical (unpaired) electrons. The van der Waals surface area contributed by atoms with Gasteiger partial charge in [-0.15, -0.1) is 0 Å². The number of carbonyl (C=O) groups is 1. The van der Waals surface area contributed by atoms with E-state index >= 15 is 0 Å². The summed E-state index contributed by atoms with van der Waals surface area (Å²) >= 11 is 5.84. The zero-order chi connectivity index (χ0) is 13.5. The van der Waals surface area contributed by atoms with E-state index in [0.717, 1.165) is 24.3 Å². The van der Waals surface area contributed by atoms with Crippen molar-refractivity contribution in [2.45, 2.75) is 57.4 Å². The van der Waals surface area contributed by atoms with Gasteiger partial charge >= 0.3 is 0 Å². The Morgan fingerprint density at radius 2 is 1.74 bits per heavy atom. The number of hydrogen-bond donors (Lipinski definition) is 1. The Labute approximate surface area is 120 Å². The fourth-order valence-corrected chi connectivity index (χ4v) is 2.76. The molecule has 2 rings (SSSR count). The van der Waals surface area contributed by atoms with Gasteiger partial charge in [0.25, 0.3) is 0 Å². The molecule has 0 spiro atoms. The molecule has 1 aliphatic rings. The summed E-state index contributed by atoms with van der Waals surface area (Å²) in [6.45, 7) is 0. The average molecular weight is 280 g/mol. The van der Waals surface area contributed by atoms with Gasteiger partial charge in [-0.3, -0.25) is 4.79 Å². The van der Waals surface area contributed by atoms with Crippen molar-refractivity contribution < 1.29 is 4.79 Å². The van der Waals surface area contributed by atoms with E-state index in [9.17, 15) is 4.79 Å². The van der Waals surface area contributed by atoms with Crippen LogP contribution in [0.2, 0.25) is 5.02 Å². The van der Waals surface area contributed by atoms with E-state index in [1.165, 1.54) is 31.2 Å². The van der Waals surface area contributed by atoms with Gasteiger partial charge in [0, 0.05) is 17.5 Å². The molecule has 1 amide bonds. The summed E-state index contributed by atoms with van der Waals surface area (Å²) < 4.78 is 0. The lowest BCUT2D eigenvalue weighted by Crippen LogP contribution is -2.34. The molecule has 0 heterocycles. The molecule has 104 valence electrons. The second-order valence-electron chi connectivity index (χ2n) is 5.38. The Kier molecular flexibility index (Phi) is 5.71. The summed E-state index contributed by atoms with van der Waals surface area (Å²) in [4.78, 5) is 11.9. The van der Waals surface area contributed by atoms with Crippen molar-refractivity contribution in [2.75, 3.05) is 0 Å². The molecule has 1 aromatic rings. The van der Waals surface area contributed by atoms with Gasteiger partial charge in [0.05, 0.1) is 0 Å². The van der Waals surface area contributed by atoms with Gasteiger partial charge in [-0.25, -0.2) is 0 Å². The summed E-state index contributed by atoms with van der Waals surface area (Å²) in [5.74, 6) is 0.182. The summed E-state index contributed by atoms with van der Waals surface area (Å²) in [6.07, 6.45) is 8.78. The van der Waals surface area contributed by atoms with Crippen molar-refractivity contribution in [1.29, 1.82) is 0 Å². The van der Waals surface area contributed by atoms with Gasteiger partial charge in [-0.05, 0) is 37.0 Å². The van der Waals surface area contributed by atoms with Crippen LogP contribution in [0.15, 0.2) is 24.3 Å². The maximum Gasteiger partial charge on any atom is 0.220 e. The summed E-state index contributed by atoms with van der Waals surface area (Å²) in [6, 6.07) is 8.13. The molecule has 2 nitrogen and oxygen atoms in total. The summed E-state index contributed by atoms with van der Waals surface area (Å²) in [5.41, 5.74) is 1.17. The van der Waals surface area contributed by atoms with E-state index < -0.39 is 0 Å². The fourth-order valence-electron chi connectivity index (χ4n) is 2.63. The molecule has 1 fully saturated rings. The molecular formula is C16H22ClNO. The van der Waals surface area contributed by atoms with Crippen molar-refractivity contribution in [3.05, 3.63) is 34.9 Å². The molecule has 0 bridgehead atoms. The number of benzene rings is 1. The number of halogens is 1. The Balaban J connectivity index is 1.73. The van der Waals surface area contributed by atoms with Gasteiger partial charge in [0.1, 0.15) is 0 Å². The average Bonchev–Trinajstić information content (AvgIpc) is 2.67. The second-order valence-corrected chi connectivity index (χ2v) is 5.82. The Morgan fingerprint density at radius 1 is 1.11 bits per heavy atom. The minimum Gasteiger partial charge on any atom is -0.353 e. The van der Waals surface area contributed by atoms with Crippen LogP contribution >= 0.6 is 11.6 Å². The number of carbonyl (C=O) groups excluding carboxylic acids is 1. The first kappa shape index (κ1) is 14.4. The van der Waals surface area contributed by atoms with Crippen molar-refractivity contribution >= 4 is 17.5 Å². The van der Waals surface area contributed by atoms with Gasteiger partial charge < -0.3 is 5.32 Å². The topological polar surface area (TPSA) is 29.1 Å². The summed E-state index contributed by atoms with van der Waals surface area (Å²) in [7, 11) is 0. The second kappa shape index (κ2) is 7.54. The number of rotatable bonds is 4. The minimum absolute atomic E-state index is 0.182. The lowest BCUT2D eigenvalue weighted by Gasteiger charge is -2.16.